The van der Waals surface area contributed by atoms with Crippen LogP contribution < -0.4 is 0 Å². The van der Waals surface area contributed by atoms with E-state index in [1.165, 1.54) is 6.08 Å². The standard InChI is InChI=1S/C8H9F/c1-2-7-3-5-8(9)6-4-7/h2-3,5H,1,4,6H2. The van der Waals surface area contributed by atoms with Crippen molar-refractivity contribution in [3.8, 4) is 0 Å². The first kappa shape index (κ1) is 6.27. The van der Waals surface area contributed by atoms with Gasteiger partial charge in [-0.3, -0.25) is 0 Å². The van der Waals surface area contributed by atoms with Crippen LogP contribution in [-0.4, -0.2) is 0 Å². The molecule has 9 heavy (non-hydrogen) atoms. The normalized spacial score (nSPS) is 18.3. The Hall–Kier alpha value is -0.850. The fourth-order valence-electron chi connectivity index (χ4n) is 0.798. The monoisotopic (exact) mass is 124 g/mol. The van der Waals surface area contributed by atoms with Crippen LogP contribution in [0.4, 0.5) is 4.39 Å². The van der Waals surface area contributed by atoms with E-state index in [9.17, 15) is 4.39 Å². The van der Waals surface area contributed by atoms with E-state index in [0.717, 1.165) is 12.0 Å². The van der Waals surface area contributed by atoms with Gasteiger partial charge < -0.3 is 0 Å². The topological polar surface area (TPSA) is 0 Å². The van der Waals surface area contributed by atoms with Gasteiger partial charge in [-0.2, -0.15) is 0 Å². The van der Waals surface area contributed by atoms with Crippen molar-refractivity contribution < 1.29 is 4.39 Å². The molecule has 0 aromatic heterocycles. The Balaban J connectivity index is 2.69. The molecule has 1 heteroatoms. The second-order valence-electron chi connectivity index (χ2n) is 2.06. The van der Waals surface area contributed by atoms with Crippen LogP contribution >= 0.6 is 0 Å². The molecule has 0 aromatic rings. The number of hydrogen-bond donors (Lipinski definition) is 0. The van der Waals surface area contributed by atoms with E-state index in [1.807, 2.05) is 0 Å². The van der Waals surface area contributed by atoms with Gasteiger partial charge in [0.2, 0.25) is 0 Å². The van der Waals surface area contributed by atoms with Gasteiger partial charge in [-0.25, -0.2) is 4.39 Å². The lowest BCUT2D eigenvalue weighted by molar-refractivity contribution is 0.584. The van der Waals surface area contributed by atoms with Gasteiger partial charge in [0, 0.05) is 6.42 Å². The van der Waals surface area contributed by atoms with Gasteiger partial charge >= 0.3 is 0 Å². The van der Waals surface area contributed by atoms with Crippen LogP contribution in [0, 0.1) is 0 Å². The summed E-state index contributed by atoms with van der Waals surface area (Å²) in [5, 5.41) is 0. The molecule has 1 aliphatic rings. The van der Waals surface area contributed by atoms with Crippen molar-refractivity contribution in [3.63, 3.8) is 0 Å². The van der Waals surface area contributed by atoms with Gasteiger partial charge in [0.25, 0.3) is 0 Å². The molecule has 0 N–H and O–H groups in total. The van der Waals surface area contributed by atoms with Crippen LogP contribution in [-0.2, 0) is 0 Å². The largest absolute Gasteiger partial charge is 0.212 e. The van der Waals surface area contributed by atoms with Gasteiger partial charge in [-0.15, -0.1) is 0 Å². The maximum atomic E-state index is 12.3. The molecule has 0 radical (unpaired) electrons. The summed E-state index contributed by atoms with van der Waals surface area (Å²) in [5.41, 5.74) is 1.12. The maximum Gasteiger partial charge on any atom is 0.100 e. The molecule has 0 fully saturated rings. The van der Waals surface area contributed by atoms with Crippen molar-refractivity contribution in [2.45, 2.75) is 12.8 Å². The Morgan fingerprint density at radius 3 is 2.67 bits per heavy atom. The van der Waals surface area contributed by atoms with E-state index < -0.39 is 0 Å². The molecular weight excluding hydrogens is 115 g/mol. The molecule has 0 atom stereocenters. The molecule has 0 bridgehead atoms. The van der Waals surface area contributed by atoms with Crippen molar-refractivity contribution >= 4 is 0 Å². The lowest BCUT2D eigenvalue weighted by atomic mass is 10.1. The highest BCUT2D eigenvalue weighted by atomic mass is 19.1. The summed E-state index contributed by atoms with van der Waals surface area (Å²) < 4.78 is 12.3. The van der Waals surface area contributed by atoms with E-state index in [1.54, 1.807) is 12.2 Å². The van der Waals surface area contributed by atoms with Gasteiger partial charge in [0.15, 0.2) is 0 Å². The highest BCUT2D eigenvalue weighted by Crippen LogP contribution is 2.18. The van der Waals surface area contributed by atoms with Crippen molar-refractivity contribution in [2.75, 3.05) is 0 Å². The molecule has 0 unspecified atom stereocenters. The Morgan fingerprint density at radius 2 is 2.22 bits per heavy atom. The minimum Gasteiger partial charge on any atom is -0.212 e. The number of rotatable bonds is 1. The molecule has 0 amide bonds. The molecular formula is C8H9F. The lowest BCUT2D eigenvalue weighted by Crippen LogP contribution is -1.85. The molecule has 0 nitrogen and oxygen atoms in total. The van der Waals surface area contributed by atoms with Crippen LogP contribution in [0.25, 0.3) is 0 Å². The highest BCUT2D eigenvalue weighted by Gasteiger charge is 2.00. The summed E-state index contributed by atoms with van der Waals surface area (Å²) in [5.74, 6) is -0.0272. The fourth-order valence-corrected chi connectivity index (χ4v) is 0.798. The quantitative estimate of drug-likeness (QED) is 0.504. The predicted molar refractivity (Wildman–Crippen MR) is 36.7 cm³/mol. The van der Waals surface area contributed by atoms with Crippen LogP contribution in [0.3, 0.4) is 0 Å². The SMILES string of the molecule is C=CC1=CC=C(F)CC1. The van der Waals surface area contributed by atoms with Crippen LogP contribution in [0.1, 0.15) is 12.8 Å². The summed E-state index contributed by atoms with van der Waals surface area (Å²) in [7, 11) is 0. The highest BCUT2D eigenvalue weighted by molar-refractivity contribution is 5.27. The number of allylic oxidation sites excluding steroid dienone is 5. The Morgan fingerprint density at radius 1 is 1.44 bits per heavy atom. The summed E-state index contributed by atoms with van der Waals surface area (Å²) >= 11 is 0. The zero-order chi connectivity index (χ0) is 6.69. The molecule has 0 saturated heterocycles. The van der Waals surface area contributed by atoms with E-state index in [4.69, 9.17) is 0 Å². The van der Waals surface area contributed by atoms with Crippen molar-refractivity contribution in [2.24, 2.45) is 0 Å². The molecule has 0 aromatic carbocycles. The molecule has 1 aliphatic carbocycles. The first-order chi connectivity index (χ1) is 4.33. The summed E-state index contributed by atoms with van der Waals surface area (Å²) in [6, 6.07) is 0. The van der Waals surface area contributed by atoms with Gasteiger partial charge in [-0.05, 0) is 18.1 Å². The fraction of sp³-hybridized carbons (Fsp3) is 0.250. The predicted octanol–water partition coefficient (Wildman–Crippen LogP) is 2.75. The van der Waals surface area contributed by atoms with E-state index in [0.29, 0.717) is 6.42 Å². The average Bonchev–Trinajstić information content (AvgIpc) is 1.90. The first-order valence-corrected chi connectivity index (χ1v) is 3.00. The third kappa shape index (κ3) is 1.53. The molecule has 0 heterocycles. The van der Waals surface area contributed by atoms with Crippen LogP contribution in [0.2, 0.25) is 0 Å². The first-order valence-electron chi connectivity index (χ1n) is 3.00. The van der Waals surface area contributed by atoms with E-state index in [2.05, 4.69) is 6.58 Å². The van der Waals surface area contributed by atoms with Crippen molar-refractivity contribution in [3.05, 3.63) is 36.2 Å². The molecule has 48 valence electrons. The van der Waals surface area contributed by atoms with Gasteiger partial charge in [0.1, 0.15) is 5.83 Å². The molecule has 0 spiro atoms. The smallest absolute Gasteiger partial charge is 0.100 e. The van der Waals surface area contributed by atoms with Gasteiger partial charge in [0.05, 0.1) is 0 Å². The summed E-state index contributed by atoms with van der Waals surface area (Å²) in [4.78, 5) is 0. The van der Waals surface area contributed by atoms with Crippen LogP contribution in [0.15, 0.2) is 36.2 Å². The Bertz CT molecular complexity index is 175. The third-order valence-electron chi connectivity index (χ3n) is 1.39. The zero-order valence-corrected chi connectivity index (χ0v) is 5.23. The summed E-state index contributed by atoms with van der Waals surface area (Å²) in [6.07, 6.45) is 6.37. The Kier molecular flexibility index (Phi) is 1.83. The Labute approximate surface area is 54.4 Å². The lowest BCUT2D eigenvalue weighted by Gasteiger charge is -2.03. The zero-order valence-electron chi connectivity index (χ0n) is 5.23. The average molecular weight is 124 g/mol. The maximum absolute atomic E-state index is 12.3. The van der Waals surface area contributed by atoms with Crippen LogP contribution in [0.5, 0.6) is 0 Å². The van der Waals surface area contributed by atoms with Gasteiger partial charge in [-0.1, -0.05) is 18.7 Å². The molecule has 0 saturated carbocycles. The number of halogens is 1. The second-order valence-corrected chi connectivity index (χ2v) is 2.06. The number of hydrogen-bond acceptors (Lipinski definition) is 0. The van der Waals surface area contributed by atoms with Crippen molar-refractivity contribution in [1.29, 1.82) is 0 Å². The molecule has 1 rings (SSSR count). The third-order valence-corrected chi connectivity index (χ3v) is 1.39. The minimum absolute atomic E-state index is 0.0272. The summed E-state index contributed by atoms with van der Waals surface area (Å²) in [6.45, 7) is 3.59. The molecule has 0 aliphatic heterocycles. The van der Waals surface area contributed by atoms with E-state index >= 15 is 0 Å². The second kappa shape index (κ2) is 2.62. The minimum atomic E-state index is -0.0272. The van der Waals surface area contributed by atoms with Crippen molar-refractivity contribution in [1.82, 2.24) is 0 Å². The van der Waals surface area contributed by atoms with E-state index in [-0.39, 0.29) is 5.83 Å².